The van der Waals surface area contributed by atoms with Crippen molar-refractivity contribution < 1.29 is 18.3 Å². The number of piperidine rings is 1. The summed E-state index contributed by atoms with van der Waals surface area (Å²) in [5, 5.41) is 12.2. The van der Waals surface area contributed by atoms with E-state index in [1.807, 2.05) is 0 Å². The molecule has 0 bridgehead atoms. The number of aliphatic hydroxyl groups excluding tert-OH is 1. The third kappa shape index (κ3) is 3.48. The number of carbonyl (C=O) groups is 1. The van der Waals surface area contributed by atoms with Gasteiger partial charge in [-0.25, -0.2) is 13.4 Å². The average molecular weight is 350 g/mol. The van der Waals surface area contributed by atoms with E-state index in [9.17, 15) is 18.3 Å². The van der Waals surface area contributed by atoms with Crippen molar-refractivity contribution in [2.45, 2.75) is 23.8 Å². The number of H-pyrrole nitrogens is 1. The summed E-state index contributed by atoms with van der Waals surface area (Å²) < 4.78 is 26.4. The molecule has 3 heterocycles. The number of anilines is 1. The minimum atomic E-state index is -3.73. The molecule has 1 atom stereocenters. The first-order valence-electron chi connectivity index (χ1n) is 7.56. The van der Waals surface area contributed by atoms with Crippen LogP contribution < -0.4 is 5.32 Å². The lowest BCUT2D eigenvalue weighted by Gasteiger charge is -2.28. The lowest BCUT2D eigenvalue weighted by molar-refractivity contribution is 0.102. The van der Waals surface area contributed by atoms with E-state index >= 15 is 0 Å². The summed E-state index contributed by atoms with van der Waals surface area (Å²) in [6, 6.07) is 6.37. The van der Waals surface area contributed by atoms with E-state index in [0.29, 0.717) is 25.2 Å². The predicted octanol–water partition coefficient (Wildman–Crippen LogP) is 0.807. The average Bonchev–Trinajstić information content (AvgIpc) is 3.07. The van der Waals surface area contributed by atoms with Crippen molar-refractivity contribution in [1.82, 2.24) is 14.3 Å². The Labute approximate surface area is 139 Å². The molecule has 8 nitrogen and oxygen atoms in total. The Morgan fingerprint density at radius 1 is 1.42 bits per heavy atom. The molecule has 1 fully saturated rings. The number of aliphatic hydroxyl groups is 1. The number of amides is 1. The van der Waals surface area contributed by atoms with Crippen LogP contribution in [0.2, 0.25) is 0 Å². The van der Waals surface area contributed by atoms with Crippen LogP contribution >= 0.6 is 0 Å². The first-order chi connectivity index (χ1) is 11.5. The van der Waals surface area contributed by atoms with Crippen LogP contribution in [-0.2, 0) is 10.0 Å². The molecule has 1 saturated heterocycles. The Kier molecular flexibility index (Phi) is 4.65. The first kappa shape index (κ1) is 16.6. The van der Waals surface area contributed by atoms with E-state index in [-0.39, 0.29) is 17.1 Å². The topological polar surface area (TPSA) is 115 Å². The second-order valence-corrected chi connectivity index (χ2v) is 7.52. The van der Waals surface area contributed by atoms with Gasteiger partial charge >= 0.3 is 0 Å². The summed E-state index contributed by atoms with van der Waals surface area (Å²) in [5.74, 6) is -0.102. The van der Waals surface area contributed by atoms with E-state index in [1.54, 1.807) is 24.4 Å². The molecule has 1 aliphatic rings. The van der Waals surface area contributed by atoms with Crippen molar-refractivity contribution in [2.24, 2.45) is 0 Å². The number of nitrogens with one attached hydrogen (secondary N) is 2. The molecule has 0 saturated carbocycles. The first-order valence-corrected chi connectivity index (χ1v) is 9.00. The van der Waals surface area contributed by atoms with Gasteiger partial charge in [-0.15, -0.1) is 0 Å². The summed E-state index contributed by atoms with van der Waals surface area (Å²) in [7, 11) is -3.73. The van der Waals surface area contributed by atoms with E-state index in [2.05, 4.69) is 15.3 Å². The largest absolute Gasteiger partial charge is 0.392 e. The van der Waals surface area contributed by atoms with E-state index < -0.39 is 22.0 Å². The maximum Gasteiger partial charge on any atom is 0.273 e. The van der Waals surface area contributed by atoms with Crippen molar-refractivity contribution in [3.05, 3.63) is 42.4 Å². The Bertz CT molecular complexity index is 819. The zero-order valence-electron chi connectivity index (χ0n) is 12.8. The number of β-amino-alcohol motifs (C(OH)–C–C–N with tert-alkyl or cyclic N) is 1. The molecule has 1 amide bonds. The van der Waals surface area contributed by atoms with Gasteiger partial charge in [0.25, 0.3) is 5.91 Å². The van der Waals surface area contributed by atoms with Crippen LogP contribution in [0.15, 0.2) is 41.6 Å². The van der Waals surface area contributed by atoms with Gasteiger partial charge < -0.3 is 15.4 Å². The fourth-order valence-electron chi connectivity index (χ4n) is 2.56. The Morgan fingerprint density at radius 2 is 2.25 bits per heavy atom. The van der Waals surface area contributed by atoms with Crippen LogP contribution in [0.25, 0.3) is 0 Å². The van der Waals surface area contributed by atoms with Gasteiger partial charge in [-0.3, -0.25) is 4.79 Å². The van der Waals surface area contributed by atoms with Crippen molar-refractivity contribution in [3.8, 4) is 0 Å². The van der Waals surface area contributed by atoms with Crippen LogP contribution in [0.5, 0.6) is 0 Å². The number of aromatic nitrogens is 2. The molecule has 3 rings (SSSR count). The predicted molar refractivity (Wildman–Crippen MR) is 87.0 cm³/mol. The Hall–Kier alpha value is -2.23. The number of hydrogen-bond acceptors (Lipinski definition) is 5. The summed E-state index contributed by atoms with van der Waals surface area (Å²) >= 11 is 0. The molecular formula is C15H18N4O4S. The minimum Gasteiger partial charge on any atom is -0.392 e. The highest BCUT2D eigenvalue weighted by Gasteiger charge is 2.30. The second kappa shape index (κ2) is 6.71. The highest BCUT2D eigenvalue weighted by Crippen LogP contribution is 2.21. The number of nitrogens with zero attached hydrogens (tertiary/aromatic N) is 2. The summed E-state index contributed by atoms with van der Waals surface area (Å²) in [4.78, 5) is 18.8. The van der Waals surface area contributed by atoms with Crippen molar-refractivity contribution in [3.63, 3.8) is 0 Å². The third-order valence-corrected chi connectivity index (χ3v) is 5.65. The number of carbonyl (C=O) groups excluding carboxylic acids is 1. The van der Waals surface area contributed by atoms with Crippen LogP contribution in [0.3, 0.4) is 0 Å². The smallest absolute Gasteiger partial charge is 0.273 e. The summed E-state index contributed by atoms with van der Waals surface area (Å²) in [5.41, 5.74) is 0.122. The summed E-state index contributed by atoms with van der Waals surface area (Å²) in [6.07, 6.45) is 3.37. The van der Waals surface area contributed by atoms with Crippen LogP contribution in [0, 0.1) is 0 Å². The van der Waals surface area contributed by atoms with Gasteiger partial charge in [0, 0.05) is 25.5 Å². The standard InChI is InChI=1S/C15H18N4O4S/c20-11-4-3-7-19(10-11)24(22,23)12-8-13(17-9-12)15(21)18-14-5-1-2-6-16-14/h1-2,5-6,8-9,11,17,20H,3-4,7,10H2,(H,16,18,21)/t11-/m0/s1. The Balaban J connectivity index is 1.76. The Morgan fingerprint density at radius 3 is 2.96 bits per heavy atom. The molecule has 0 aromatic carbocycles. The highest BCUT2D eigenvalue weighted by atomic mass is 32.2. The lowest BCUT2D eigenvalue weighted by Crippen LogP contribution is -2.41. The van der Waals surface area contributed by atoms with E-state index in [1.165, 1.54) is 16.6 Å². The van der Waals surface area contributed by atoms with Crippen molar-refractivity contribution in [1.29, 1.82) is 0 Å². The molecule has 9 heteroatoms. The van der Waals surface area contributed by atoms with Crippen LogP contribution in [0.1, 0.15) is 23.3 Å². The molecule has 3 N–H and O–H groups in total. The normalized spacial score (nSPS) is 19.1. The van der Waals surface area contributed by atoms with Gasteiger partial charge in [0.1, 0.15) is 16.4 Å². The van der Waals surface area contributed by atoms with Crippen LogP contribution in [0.4, 0.5) is 5.82 Å². The van der Waals surface area contributed by atoms with Gasteiger partial charge in [-0.2, -0.15) is 4.31 Å². The number of rotatable bonds is 4. The van der Waals surface area contributed by atoms with Gasteiger partial charge in [-0.1, -0.05) is 6.07 Å². The zero-order valence-corrected chi connectivity index (χ0v) is 13.7. The fraction of sp³-hybridized carbons (Fsp3) is 0.333. The monoisotopic (exact) mass is 350 g/mol. The SMILES string of the molecule is O=C(Nc1ccccn1)c1cc(S(=O)(=O)N2CCC[C@H](O)C2)c[nH]1. The van der Waals surface area contributed by atoms with Gasteiger partial charge in [0.15, 0.2) is 0 Å². The van der Waals surface area contributed by atoms with Gasteiger partial charge in [0.05, 0.1) is 6.10 Å². The second-order valence-electron chi connectivity index (χ2n) is 5.58. The maximum absolute atomic E-state index is 12.6. The minimum absolute atomic E-state index is 0.00257. The lowest BCUT2D eigenvalue weighted by atomic mass is 10.1. The molecule has 0 spiro atoms. The maximum atomic E-state index is 12.6. The molecular weight excluding hydrogens is 332 g/mol. The highest BCUT2D eigenvalue weighted by molar-refractivity contribution is 7.89. The number of sulfonamides is 1. The molecule has 1 aliphatic heterocycles. The van der Waals surface area contributed by atoms with Gasteiger partial charge in [0.2, 0.25) is 10.0 Å². The molecule has 24 heavy (non-hydrogen) atoms. The number of pyridine rings is 1. The molecule has 0 radical (unpaired) electrons. The van der Waals surface area contributed by atoms with Crippen molar-refractivity contribution in [2.75, 3.05) is 18.4 Å². The zero-order chi connectivity index (χ0) is 17.2. The van der Waals surface area contributed by atoms with Crippen molar-refractivity contribution >= 4 is 21.7 Å². The molecule has 2 aromatic rings. The molecule has 2 aromatic heterocycles. The molecule has 0 unspecified atom stereocenters. The molecule has 0 aliphatic carbocycles. The number of hydrogen-bond donors (Lipinski definition) is 3. The quantitative estimate of drug-likeness (QED) is 0.755. The summed E-state index contributed by atoms with van der Waals surface area (Å²) in [6.45, 7) is 0.434. The van der Waals surface area contributed by atoms with E-state index in [0.717, 1.165) is 0 Å². The van der Waals surface area contributed by atoms with Crippen LogP contribution in [-0.4, -0.2) is 52.9 Å². The fourth-order valence-corrected chi connectivity index (χ4v) is 4.07. The number of aromatic amines is 1. The molecule has 128 valence electrons. The van der Waals surface area contributed by atoms with Gasteiger partial charge in [-0.05, 0) is 31.0 Å². The third-order valence-electron chi connectivity index (χ3n) is 3.80. The van der Waals surface area contributed by atoms with E-state index in [4.69, 9.17) is 0 Å².